The molecule has 0 radical (unpaired) electrons. The fourth-order valence-corrected chi connectivity index (χ4v) is 6.66. The summed E-state index contributed by atoms with van der Waals surface area (Å²) in [5, 5.41) is 8.71. The number of urea groups is 1. The maximum absolute atomic E-state index is 13.6. The summed E-state index contributed by atoms with van der Waals surface area (Å²) < 4.78 is 0. The van der Waals surface area contributed by atoms with Gasteiger partial charge in [0.2, 0.25) is 17.7 Å². The normalized spacial score (nSPS) is 13.3. The van der Waals surface area contributed by atoms with Gasteiger partial charge in [0.15, 0.2) is 5.78 Å². The van der Waals surface area contributed by atoms with E-state index in [9.17, 15) is 43.2 Å². The van der Waals surface area contributed by atoms with E-state index in [1.54, 1.807) is 24.3 Å². The van der Waals surface area contributed by atoms with Gasteiger partial charge in [0, 0.05) is 69.5 Å². The third-order valence-electron chi connectivity index (χ3n) is 10.2. The number of hydrogen-bond donors (Lipinski definition) is 5. The second-order valence-corrected chi connectivity index (χ2v) is 15.8. The van der Waals surface area contributed by atoms with Crippen LogP contribution >= 0.6 is 0 Å². The average molecular weight is 863 g/mol. The van der Waals surface area contributed by atoms with Crippen molar-refractivity contribution in [3.8, 4) is 0 Å². The van der Waals surface area contributed by atoms with Gasteiger partial charge >= 0.3 is 12.0 Å². The largest absolute Gasteiger partial charge is 0.352 e. The molecule has 2 aromatic rings. The molecule has 1 saturated heterocycles. The van der Waals surface area contributed by atoms with Crippen LogP contribution in [0.4, 0.5) is 10.5 Å². The van der Waals surface area contributed by atoms with Gasteiger partial charge in [-0.25, -0.2) is 15.1 Å². The molecule has 1 aliphatic rings. The number of nitrogens with zero attached hydrogens (tertiary/aromatic N) is 1. The standard InChI is InChI=1S/C45H62N6O11/c1-31(2)36(29-35(52)16-9-6-12-20-43(58)62-51-41(56)25-26-42(51)57)44(59)49-37(17-13-27-47-45(46)60)38(53)28-32-21-23-33(24-22-32)30-61-50-40(55)19-11-4-3-10-18-39(54)48-34-14-7-5-8-15-34/h5,7-8,14-15,21-24,31,36-37H,3-4,6,9-13,16-20,25-30H2,1-2H3,(H,48,54)(H,49,59)(H,50,55)(H3,46,47,60)/t36-,37-/m0/s1. The number of unbranched alkanes of at least 4 members (excludes halogenated alkanes) is 5. The minimum absolute atomic E-state index is 0.00717. The molecule has 7 amide bonds. The summed E-state index contributed by atoms with van der Waals surface area (Å²) in [5.41, 5.74) is 9.86. The number of hydroxylamine groups is 3. The number of ketones is 2. The van der Waals surface area contributed by atoms with Crippen molar-refractivity contribution in [2.24, 2.45) is 17.6 Å². The highest BCUT2D eigenvalue weighted by atomic mass is 16.7. The number of carbonyl (C=O) groups is 9. The molecule has 0 spiro atoms. The molecule has 0 saturated carbocycles. The van der Waals surface area contributed by atoms with Crippen molar-refractivity contribution in [2.45, 2.75) is 136 Å². The van der Waals surface area contributed by atoms with Crippen molar-refractivity contribution in [2.75, 3.05) is 11.9 Å². The minimum Gasteiger partial charge on any atom is -0.352 e. The highest BCUT2D eigenvalue weighted by Crippen LogP contribution is 2.20. The molecule has 0 unspecified atom stereocenters. The molecule has 338 valence electrons. The topological polar surface area (TPSA) is 249 Å². The first-order valence-corrected chi connectivity index (χ1v) is 21.5. The van der Waals surface area contributed by atoms with Crippen molar-refractivity contribution < 1.29 is 52.8 Å². The Morgan fingerprint density at radius 2 is 1.32 bits per heavy atom. The Bertz CT molecular complexity index is 1800. The number of nitrogens with one attached hydrogen (secondary N) is 4. The first-order chi connectivity index (χ1) is 29.7. The molecule has 62 heavy (non-hydrogen) atoms. The summed E-state index contributed by atoms with van der Waals surface area (Å²) >= 11 is 0. The van der Waals surface area contributed by atoms with E-state index in [1.807, 2.05) is 44.2 Å². The van der Waals surface area contributed by atoms with Gasteiger partial charge in [0.05, 0.1) is 12.6 Å². The second kappa shape index (κ2) is 27.8. The number of amides is 7. The van der Waals surface area contributed by atoms with Gasteiger partial charge in [-0.15, -0.1) is 5.06 Å². The molecular formula is C45H62N6O11. The summed E-state index contributed by atoms with van der Waals surface area (Å²) in [5.74, 6) is -3.82. The van der Waals surface area contributed by atoms with Gasteiger partial charge in [0.1, 0.15) is 5.78 Å². The van der Waals surface area contributed by atoms with E-state index in [0.717, 1.165) is 30.5 Å². The Morgan fingerprint density at radius 1 is 0.726 bits per heavy atom. The Balaban J connectivity index is 1.39. The quantitative estimate of drug-likeness (QED) is 0.0395. The summed E-state index contributed by atoms with van der Waals surface area (Å²) in [6.07, 6.45) is 5.86. The monoisotopic (exact) mass is 862 g/mol. The number of carbonyl (C=O) groups excluding carboxylic acids is 9. The van der Waals surface area contributed by atoms with Crippen LogP contribution in [-0.2, 0) is 61.1 Å². The van der Waals surface area contributed by atoms with Crippen molar-refractivity contribution in [3.63, 3.8) is 0 Å². The summed E-state index contributed by atoms with van der Waals surface area (Å²) in [6.45, 7) is 3.96. The summed E-state index contributed by atoms with van der Waals surface area (Å²) in [7, 11) is 0. The van der Waals surface area contributed by atoms with Crippen LogP contribution in [0.25, 0.3) is 0 Å². The number of anilines is 1. The molecule has 17 heteroatoms. The van der Waals surface area contributed by atoms with E-state index in [0.29, 0.717) is 55.6 Å². The zero-order valence-electron chi connectivity index (χ0n) is 35.9. The molecule has 1 fully saturated rings. The van der Waals surface area contributed by atoms with Gasteiger partial charge in [0.25, 0.3) is 11.8 Å². The summed E-state index contributed by atoms with van der Waals surface area (Å²) in [6, 6.07) is 14.8. The van der Waals surface area contributed by atoms with Crippen LogP contribution in [-0.4, -0.2) is 70.8 Å². The SMILES string of the molecule is CC(C)[C@H](CC(=O)CCCCCC(=O)ON1C(=O)CCC1=O)C(=O)N[C@@H](CCCNC(N)=O)C(=O)Cc1ccc(CONC(=O)CCCCCCC(=O)Nc2ccccc2)cc1. The van der Waals surface area contributed by atoms with Crippen LogP contribution in [0.2, 0.25) is 0 Å². The van der Waals surface area contributed by atoms with E-state index >= 15 is 0 Å². The fourth-order valence-electron chi connectivity index (χ4n) is 6.66. The van der Waals surface area contributed by atoms with E-state index in [1.165, 1.54) is 0 Å². The zero-order chi connectivity index (χ0) is 45.3. The third kappa shape index (κ3) is 20.1. The predicted octanol–water partition coefficient (Wildman–Crippen LogP) is 5.05. The van der Waals surface area contributed by atoms with Gasteiger partial charge in [-0.2, -0.15) is 0 Å². The predicted molar refractivity (Wildman–Crippen MR) is 228 cm³/mol. The Hall–Kier alpha value is -5.97. The van der Waals surface area contributed by atoms with Crippen LogP contribution in [0.3, 0.4) is 0 Å². The van der Waals surface area contributed by atoms with E-state index in [-0.39, 0.29) is 87.4 Å². The molecule has 6 N–H and O–H groups in total. The molecule has 1 heterocycles. The maximum Gasteiger partial charge on any atom is 0.333 e. The first-order valence-electron chi connectivity index (χ1n) is 21.5. The van der Waals surface area contributed by atoms with Crippen LogP contribution in [0.15, 0.2) is 54.6 Å². The number of rotatable bonds is 30. The summed E-state index contributed by atoms with van der Waals surface area (Å²) in [4.78, 5) is 121. The number of hydrogen-bond acceptors (Lipinski definition) is 11. The molecule has 0 bridgehead atoms. The van der Waals surface area contributed by atoms with Gasteiger partial charge in [-0.05, 0) is 67.7 Å². The maximum atomic E-state index is 13.6. The lowest BCUT2D eigenvalue weighted by atomic mass is 9.88. The number of benzene rings is 2. The third-order valence-corrected chi connectivity index (χ3v) is 10.2. The van der Waals surface area contributed by atoms with E-state index in [2.05, 4.69) is 21.4 Å². The lowest BCUT2D eigenvalue weighted by Gasteiger charge is -2.24. The number of imide groups is 1. The smallest absolute Gasteiger partial charge is 0.333 e. The molecule has 1 aliphatic heterocycles. The van der Waals surface area contributed by atoms with Crippen molar-refractivity contribution in [1.29, 1.82) is 0 Å². The van der Waals surface area contributed by atoms with Crippen LogP contribution in [0.5, 0.6) is 0 Å². The van der Waals surface area contributed by atoms with Crippen LogP contribution < -0.4 is 27.2 Å². The molecule has 2 atom stereocenters. The lowest BCUT2D eigenvalue weighted by Crippen LogP contribution is -2.46. The Labute approximate surface area is 362 Å². The van der Waals surface area contributed by atoms with Crippen molar-refractivity contribution >= 4 is 58.8 Å². The van der Waals surface area contributed by atoms with Crippen LogP contribution in [0, 0.1) is 11.8 Å². The fraction of sp³-hybridized carbons (Fsp3) is 0.533. The lowest BCUT2D eigenvalue weighted by molar-refractivity contribution is -0.197. The number of primary amides is 1. The molecule has 0 aromatic heterocycles. The van der Waals surface area contributed by atoms with Crippen molar-refractivity contribution in [3.05, 3.63) is 65.7 Å². The second-order valence-electron chi connectivity index (χ2n) is 15.8. The molecule has 0 aliphatic carbocycles. The van der Waals surface area contributed by atoms with E-state index in [4.69, 9.17) is 15.4 Å². The highest BCUT2D eigenvalue weighted by Gasteiger charge is 2.33. The van der Waals surface area contributed by atoms with Gasteiger partial charge in [-0.3, -0.25) is 38.4 Å². The molecule has 17 nitrogen and oxygen atoms in total. The minimum atomic E-state index is -0.892. The number of nitrogens with two attached hydrogens (primary N) is 1. The zero-order valence-corrected chi connectivity index (χ0v) is 35.9. The van der Waals surface area contributed by atoms with E-state index < -0.39 is 41.7 Å². The Kier molecular flexibility index (Phi) is 22.6. The molecular weight excluding hydrogens is 801 g/mol. The van der Waals surface area contributed by atoms with Crippen molar-refractivity contribution in [1.82, 2.24) is 21.2 Å². The average Bonchev–Trinajstić information content (AvgIpc) is 3.54. The number of para-hydroxylation sites is 1. The van der Waals surface area contributed by atoms with Gasteiger partial charge in [-0.1, -0.05) is 75.6 Å². The molecule has 2 aromatic carbocycles. The molecule has 3 rings (SSSR count). The van der Waals surface area contributed by atoms with Crippen LogP contribution in [0.1, 0.15) is 128 Å². The first kappa shape index (κ1) is 50.4. The Morgan fingerprint density at radius 3 is 1.97 bits per heavy atom. The van der Waals surface area contributed by atoms with Gasteiger partial charge < -0.3 is 26.5 Å². The highest BCUT2D eigenvalue weighted by molar-refractivity contribution is 6.01. The number of Topliss-reactive ketones (excluding diaryl/α,β-unsaturated/α-hetero) is 2.